The van der Waals surface area contributed by atoms with Crippen molar-refractivity contribution in [1.29, 1.82) is 0 Å². The van der Waals surface area contributed by atoms with Crippen LogP contribution in [0.25, 0.3) is 0 Å². The summed E-state index contributed by atoms with van der Waals surface area (Å²) in [4.78, 5) is 53.1. The second-order valence-corrected chi connectivity index (χ2v) is 12.5. The van der Waals surface area contributed by atoms with E-state index in [9.17, 15) is 19.2 Å². The molecule has 0 bridgehead atoms. The number of hydrogen-bond donors (Lipinski definition) is 0. The van der Waals surface area contributed by atoms with E-state index in [4.69, 9.17) is 28.4 Å². The third-order valence-electron chi connectivity index (χ3n) is 9.27. The fourth-order valence-corrected chi connectivity index (χ4v) is 6.59. The molecule has 274 valence electrons. The predicted molar refractivity (Wildman–Crippen MR) is 195 cm³/mol. The Bertz CT molecular complexity index is 2130. The number of carbonyl (C=O) groups excluding carboxylic acids is 2. The molecule has 1 aliphatic rings. The van der Waals surface area contributed by atoms with Crippen molar-refractivity contribution in [3.63, 3.8) is 0 Å². The fraction of sp³-hybridized carbons (Fsp3) is 0.268. The van der Waals surface area contributed by atoms with Gasteiger partial charge in [-0.05, 0) is 72.1 Å². The van der Waals surface area contributed by atoms with Gasteiger partial charge in [0.15, 0.2) is 0 Å². The molecule has 0 amide bonds. The van der Waals surface area contributed by atoms with E-state index in [0.29, 0.717) is 21.8 Å². The Morgan fingerprint density at radius 1 is 0.755 bits per heavy atom. The van der Waals surface area contributed by atoms with Gasteiger partial charge in [-0.25, -0.2) is 4.79 Å². The standard InChI is InChI=1S/C41H40N2O10/c1-26-24-42(40(47)43(38(26)45)39(46)28-11-17-32(48-3)18-12-28)37-23-35(52-27(2)44)36(53-37)25-51-41(29-9-7-6-8-10-29,30-13-19-33(49-4)20-14-30)31-15-21-34(50-5)22-16-31/h6-22,24,35-37H,23,25H2,1-5H3/t35-,36-,37+/m0/s1. The average Bonchev–Trinajstić information content (AvgIpc) is 3.58. The summed E-state index contributed by atoms with van der Waals surface area (Å²) in [5, 5.41) is 0. The molecule has 3 atom stereocenters. The minimum Gasteiger partial charge on any atom is -0.497 e. The fourth-order valence-electron chi connectivity index (χ4n) is 6.59. The summed E-state index contributed by atoms with van der Waals surface area (Å²) >= 11 is 0. The lowest BCUT2D eigenvalue weighted by Crippen LogP contribution is -2.45. The average molecular weight is 721 g/mol. The van der Waals surface area contributed by atoms with Crippen LogP contribution in [0.1, 0.15) is 52.2 Å². The molecule has 6 rings (SSSR count). The number of ether oxygens (including phenoxy) is 6. The van der Waals surface area contributed by atoms with Gasteiger partial charge < -0.3 is 28.4 Å². The van der Waals surface area contributed by atoms with Crippen LogP contribution in [-0.4, -0.2) is 61.2 Å². The molecule has 5 aromatic rings. The molecule has 12 nitrogen and oxygen atoms in total. The number of aryl methyl sites for hydroxylation is 1. The zero-order valence-electron chi connectivity index (χ0n) is 30.0. The molecule has 4 aromatic carbocycles. The topological polar surface area (TPSA) is 134 Å². The van der Waals surface area contributed by atoms with Gasteiger partial charge in [0, 0.05) is 30.7 Å². The minimum atomic E-state index is -1.20. The van der Waals surface area contributed by atoms with E-state index < -0.39 is 47.2 Å². The summed E-state index contributed by atoms with van der Waals surface area (Å²) in [7, 11) is 4.68. The summed E-state index contributed by atoms with van der Waals surface area (Å²) in [5.41, 5.74) is -0.224. The van der Waals surface area contributed by atoms with Crippen molar-refractivity contribution in [1.82, 2.24) is 9.13 Å². The van der Waals surface area contributed by atoms with Gasteiger partial charge in [0.25, 0.3) is 11.5 Å². The smallest absolute Gasteiger partial charge is 0.340 e. The summed E-state index contributed by atoms with van der Waals surface area (Å²) in [6.07, 6.45) is -1.33. The van der Waals surface area contributed by atoms with Crippen LogP contribution in [-0.2, 0) is 24.6 Å². The molecule has 1 aliphatic heterocycles. The molecule has 12 heteroatoms. The van der Waals surface area contributed by atoms with E-state index in [2.05, 4.69) is 0 Å². The van der Waals surface area contributed by atoms with Crippen molar-refractivity contribution in [2.24, 2.45) is 0 Å². The second-order valence-electron chi connectivity index (χ2n) is 12.5. The third-order valence-corrected chi connectivity index (χ3v) is 9.27. The molecule has 1 fully saturated rings. The van der Waals surface area contributed by atoms with Crippen molar-refractivity contribution in [2.45, 2.75) is 44.3 Å². The SMILES string of the molecule is COc1ccc(C(=O)n2c(=O)c(C)cn([C@H]3C[C@H](OC(C)=O)[C@H](COC(c4ccccc4)(c4ccc(OC)cc4)c4ccc(OC)cc4)O3)c2=O)cc1. The highest BCUT2D eigenvalue weighted by atomic mass is 16.6. The highest BCUT2D eigenvalue weighted by Gasteiger charge is 2.44. The lowest BCUT2D eigenvalue weighted by atomic mass is 9.80. The van der Waals surface area contributed by atoms with Crippen LogP contribution >= 0.6 is 0 Å². The van der Waals surface area contributed by atoms with Crippen molar-refractivity contribution in [2.75, 3.05) is 27.9 Å². The van der Waals surface area contributed by atoms with E-state index in [0.717, 1.165) is 16.7 Å². The first-order chi connectivity index (χ1) is 25.6. The minimum absolute atomic E-state index is 0.0469. The molecule has 0 radical (unpaired) electrons. The van der Waals surface area contributed by atoms with Gasteiger partial charge in [-0.15, -0.1) is 0 Å². The maximum absolute atomic E-state index is 13.9. The second kappa shape index (κ2) is 15.7. The Morgan fingerprint density at radius 3 is 1.77 bits per heavy atom. The number of rotatable bonds is 12. The Balaban J connectivity index is 1.39. The van der Waals surface area contributed by atoms with Crippen LogP contribution in [0, 0.1) is 6.92 Å². The molecule has 0 aliphatic carbocycles. The predicted octanol–water partition coefficient (Wildman–Crippen LogP) is 5.26. The molecular weight excluding hydrogens is 680 g/mol. The van der Waals surface area contributed by atoms with E-state index in [-0.39, 0.29) is 24.2 Å². The quantitative estimate of drug-likeness (QED) is 0.124. The summed E-state index contributed by atoms with van der Waals surface area (Å²) in [5.74, 6) is 0.480. The molecule has 0 saturated carbocycles. The molecule has 2 heterocycles. The summed E-state index contributed by atoms with van der Waals surface area (Å²) in [6.45, 7) is 2.70. The van der Waals surface area contributed by atoms with Crippen LogP contribution < -0.4 is 25.5 Å². The lowest BCUT2D eigenvalue weighted by molar-refractivity contribution is -0.153. The number of benzene rings is 4. The van der Waals surface area contributed by atoms with Crippen LogP contribution in [0.4, 0.5) is 0 Å². The largest absolute Gasteiger partial charge is 0.497 e. The number of esters is 1. The molecule has 1 saturated heterocycles. The number of methoxy groups -OCH3 is 3. The Morgan fingerprint density at radius 2 is 1.26 bits per heavy atom. The van der Waals surface area contributed by atoms with Gasteiger partial charge in [-0.2, -0.15) is 4.57 Å². The molecule has 53 heavy (non-hydrogen) atoms. The Kier molecular flexibility index (Phi) is 10.9. The van der Waals surface area contributed by atoms with Gasteiger partial charge in [0.05, 0.1) is 27.9 Å². The highest BCUT2D eigenvalue weighted by molar-refractivity contribution is 5.95. The number of hydrogen-bond acceptors (Lipinski definition) is 10. The first-order valence-electron chi connectivity index (χ1n) is 16.9. The van der Waals surface area contributed by atoms with Gasteiger partial charge in [0.1, 0.15) is 41.3 Å². The van der Waals surface area contributed by atoms with Crippen LogP contribution in [0.15, 0.2) is 119 Å². The first kappa shape index (κ1) is 36.8. The molecule has 0 unspecified atom stereocenters. The highest BCUT2D eigenvalue weighted by Crippen LogP contribution is 2.43. The maximum atomic E-state index is 13.9. The lowest BCUT2D eigenvalue weighted by Gasteiger charge is -2.37. The molecular formula is C41H40N2O10. The summed E-state index contributed by atoms with van der Waals surface area (Å²) < 4.78 is 37.1. The first-order valence-corrected chi connectivity index (χ1v) is 16.9. The van der Waals surface area contributed by atoms with Crippen LogP contribution in [0.2, 0.25) is 0 Å². The number of aromatic nitrogens is 2. The number of carbonyl (C=O) groups is 2. The zero-order chi connectivity index (χ0) is 37.7. The monoisotopic (exact) mass is 720 g/mol. The molecule has 1 aromatic heterocycles. The van der Waals surface area contributed by atoms with Gasteiger partial charge in [0.2, 0.25) is 0 Å². The third kappa shape index (κ3) is 7.37. The van der Waals surface area contributed by atoms with E-state index >= 15 is 0 Å². The summed E-state index contributed by atoms with van der Waals surface area (Å²) in [6, 6.07) is 30.8. The van der Waals surface area contributed by atoms with E-state index in [1.165, 1.54) is 43.9 Å². The van der Waals surface area contributed by atoms with Gasteiger partial charge >= 0.3 is 11.7 Å². The van der Waals surface area contributed by atoms with Crippen LogP contribution in [0.3, 0.4) is 0 Å². The van der Waals surface area contributed by atoms with E-state index in [1.54, 1.807) is 26.4 Å². The van der Waals surface area contributed by atoms with Crippen molar-refractivity contribution in [3.8, 4) is 17.2 Å². The zero-order valence-corrected chi connectivity index (χ0v) is 30.0. The van der Waals surface area contributed by atoms with Crippen molar-refractivity contribution < 1.29 is 38.0 Å². The van der Waals surface area contributed by atoms with Crippen molar-refractivity contribution in [3.05, 3.63) is 158 Å². The van der Waals surface area contributed by atoms with E-state index in [1.807, 2.05) is 78.9 Å². The number of nitrogens with zero attached hydrogens (tertiary/aromatic N) is 2. The van der Waals surface area contributed by atoms with Gasteiger partial charge in [-0.3, -0.25) is 19.0 Å². The Hall–Kier alpha value is -5.98. The molecule has 0 N–H and O–H groups in total. The molecule has 0 spiro atoms. The van der Waals surface area contributed by atoms with Crippen molar-refractivity contribution >= 4 is 11.9 Å². The van der Waals surface area contributed by atoms with Gasteiger partial charge in [-0.1, -0.05) is 54.6 Å². The normalized spacial score (nSPS) is 16.9. The van der Waals surface area contributed by atoms with Crippen LogP contribution in [0.5, 0.6) is 17.2 Å². The maximum Gasteiger partial charge on any atom is 0.340 e. The Labute approximate surface area is 306 Å².